The molecule has 0 spiro atoms. The van der Waals surface area contributed by atoms with Crippen LogP contribution in [-0.4, -0.2) is 133 Å². The van der Waals surface area contributed by atoms with E-state index in [9.17, 15) is 19.2 Å². The molecule has 4 rings (SSSR count). The molecule has 2 unspecified atom stereocenters. The number of likely N-dealkylation sites (N-methyl/N-ethyl adjacent to an activating group) is 2. The molecule has 2 aliphatic rings. The Balaban J connectivity index is 1.67. The number of anilines is 2. The van der Waals surface area contributed by atoms with Crippen LogP contribution in [0.2, 0.25) is 0 Å². The maximum absolute atomic E-state index is 13.8. The van der Waals surface area contributed by atoms with Gasteiger partial charge in [-0.05, 0) is 64.6 Å². The Morgan fingerprint density at radius 1 is 0.720 bits per heavy atom. The van der Waals surface area contributed by atoms with Crippen LogP contribution in [0, 0.1) is 0 Å². The van der Waals surface area contributed by atoms with Crippen molar-refractivity contribution in [2.24, 2.45) is 0 Å². The lowest BCUT2D eigenvalue weighted by Gasteiger charge is -2.37. The van der Waals surface area contributed by atoms with Crippen LogP contribution in [0.5, 0.6) is 11.5 Å². The van der Waals surface area contributed by atoms with Crippen molar-refractivity contribution in [2.75, 3.05) is 79.1 Å². The first-order valence-electron chi connectivity index (χ1n) is 15.9. The number of hydrogen-bond donors (Lipinski definition) is 2. The molecule has 2 aromatic rings. The van der Waals surface area contributed by atoms with Gasteiger partial charge in [-0.2, -0.15) is 0 Å². The number of benzene rings is 2. The average molecular weight is 729 g/mol. The van der Waals surface area contributed by atoms with E-state index in [0.717, 1.165) is 0 Å². The minimum absolute atomic E-state index is 0.00781. The van der Waals surface area contributed by atoms with E-state index < -0.39 is 23.5 Å². The summed E-state index contributed by atoms with van der Waals surface area (Å²) >= 11 is 11.5. The third kappa shape index (κ3) is 9.44. The van der Waals surface area contributed by atoms with Crippen molar-refractivity contribution < 1.29 is 38.1 Å². The fraction of sp³-hybridized carbons (Fsp3) is 0.471. The quantitative estimate of drug-likeness (QED) is 0.210. The van der Waals surface area contributed by atoms with Crippen LogP contribution in [0.15, 0.2) is 36.4 Å². The van der Waals surface area contributed by atoms with Gasteiger partial charge < -0.3 is 49.2 Å². The fourth-order valence-corrected chi connectivity index (χ4v) is 6.00. The Labute approximate surface area is 302 Å². The predicted octanol–water partition coefficient (Wildman–Crippen LogP) is 2.69. The topological polar surface area (TPSA) is 142 Å². The van der Waals surface area contributed by atoms with E-state index in [4.69, 9.17) is 43.4 Å². The summed E-state index contributed by atoms with van der Waals surface area (Å²) in [5, 5.41) is 5.47. The van der Waals surface area contributed by atoms with Crippen LogP contribution in [0.25, 0.3) is 0 Å². The van der Waals surface area contributed by atoms with E-state index in [1.54, 1.807) is 60.3 Å². The summed E-state index contributed by atoms with van der Waals surface area (Å²) in [7, 11) is 10.9. The van der Waals surface area contributed by atoms with Crippen molar-refractivity contribution in [2.45, 2.75) is 38.3 Å². The van der Waals surface area contributed by atoms with Crippen molar-refractivity contribution in [1.29, 1.82) is 0 Å². The number of carbonyl (C=O) groups excluding carboxylic acids is 4. The number of carbonyl (C=O) groups is 4. The highest BCUT2D eigenvalue weighted by atomic mass is 32.1. The van der Waals surface area contributed by atoms with Crippen LogP contribution in [0.4, 0.5) is 11.4 Å². The third-order valence-corrected chi connectivity index (χ3v) is 8.97. The maximum atomic E-state index is 13.8. The molecule has 14 nitrogen and oxygen atoms in total. The summed E-state index contributed by atoms with van der Waals surface area (Å²) in [5.74, 6) is -5.77. The smallest absolute Gasteiger partial charge is 0.420 e. The van der Waals surface area contributed by atoms with Gasteiger partial charge in [0.1, 0.15) is 21.5 Å². The van der Waals surface area contributed by atoms with E-state index in [0.29, 0.717) is 57.1 Å². The molecule has 2 amide bonds. The lowest BCUT2D eigenvalue weighted by Crippen LogP contribution is -2.54. The second-order valence-electron chi connectivity index (χ2n) is 13.0. The number of thiocarbonyl (C=S) groups is 2. The summed E-state index contributed by atoms with van der Waals surface area (Å²) in [4.78, 5) is 59.0. The molecule has 2 atom stereocenters. The molecule has 0 saturated heterocycles. The van der Waals surface area contributed by atoms with E-state index >= 15 is 0 Å². The van der Waals surface area contributed by atoms with Gasteiger partial charge in [0, 0.05) is 65.2 Å². The van der Waals surface area contributed by atoms with E-state index in [2.05, 4.69) is 10.6 Å². The lowest BCUT2D eigenvalue weighted by atomic mass is 10.1. The first-order chi connectivity index (χ1) is 23.4. The van der Waals surface area contributed by atoms with Crippen LogP contribution >= 0.6 is 24.4 Å². The van der Waals surface area contributed by atoms with Crippen LogP contribution in [-0.2, 0) is 28.7 Å². The minimum atomic E-state index is -1.66. The monoisotopic (exact) mass is 728 g/mol. The molecule has 0 radical (unpaired) electrons. The highest BCUT2D eigenvalue weighted by Crippen LogP contribution is 2.36. The molecule has 16 heteroatoms. The molecule has 270 valence electrons. The van der Waals surface area contributed by atoms with Crippen molar-refractivity contribution in [1.82, 2.24) is 19.6 Å². The Morgan fingerprint density at radius 2 is 1.08 bits per heavy atom. The first-order valence-corrected chi connectivity index (χ1v) is 16.7. The molecular formula is C34H44N6O8S2. The average Bonchev–Trinajstić information content (AvgIpc) is 3.19. The molecule has 2 N–H and O–H groups in total. The zero-order chi connectivity index (χ0) is 37.0. The Bertz CT molecular complexity index is 1570. The highest BCUT2D eigenvalue weighted by Gasteiger charge is 2.47. The summed E-state index contributed by atoms with van der Waals surface area (Å²) < 4.78 is 24.8. The van der Waals surface area contributed by atoms with Crippen molar-refractivity contribution >= 4 is 69.5 Å². The van der Waals surface area contributed by atoms with Crippen LogP contribution < -0.4 is 20.1 Å². The summed E-state index contributed by atoms with van der Waals surface area (Å²) in [6, 6.07) is 9.93. The van der Waals surface area contributed by atoms with Gasteiger partial charge in [-0.25, -0.2) is 9.59 Å². The Kier molecular flexibility index (Phi) is 12.0. The molecule has 0 saturated carbocycles. The fourth-order valence-electron chi connectivity index (χ4n) is 5.55. The normalized spacial score (nSPS) is 20.1. The molecule has 0 aromatic heterocycles. The van der Waals surface area contributed by atoms with Crippen molar-refractivity contribution in [3.63, 3.8) is 0 Å². The standard InChI is InChI=1S/C34H44N6O8S2/c1-21(41)35-23-9-11-27-25(17-23)29(49)39(7)19-33(45-27,13-15-37(3)4)47-31(43)32(44)48-34(14-16-38(5)6)20-40(8)30(50)26-18-24(36-22(2)42)10-12-28(26)46-34/h9-12,17-18H,13-16,19-20H2,1-8H3,(H,35,41)(H,36,42). The number of nitrogens with zero attached hydrogens (tertiary/aromatic N) is 4. The number of rotatable bonds is 10. The predicted molar refractivity (Wildman–Crippen MR) is 195 cm³/mol. The summed E-state index contributed by atoms with van der Waals surface area (Å²) in [5.41, 5.74) is 2.04. The minimum Gasteiger partial charge on any atom is -0.450 e. The van der Waals surface area contributed by atoms with Crippen LogP contribution in [0.3, 0.4) is 0 Å². The molecular weight excluding hydrogens is 685 g/mol. The molecule has 0 bridgehead atoms. The lowest BCUT2D eigenvalue weighted by molar-refractivity contribution is -0.227. The van der Waals surface area contributed by atoms with E-state index in [-0.39, 0.29) is 37.7 Å². The SMILES string of the molecule is CC(=O)Nc1ccc2c(c1)C(=S)N(C)CC(CCN(C)C)(OC(=O)C(=O)OC1(CCN(C)C)CN(C)C(=S)c3cc(NC(C)=O)ccc3O1)O2. The molecule has 2 aromatic carbocycles. The first kappa shape index (κ1) is 38.4. The third-order valence-electron chi connectivity index (χ3n) is 7.91. The Morgan fingerprint density at radius 3 is 1.40 bits per heavy atom. The molecule has 2 aliphatic heterocycles. The van der Waals surface area contributed by atoms with Crippen LogP contribution in [0.1, 0.15) is 37.8 Å². The van der Waals surface area contributed by atoms with Crippen molar-refractivity contribution in [3.8, 4) is 11.5 Å². The van der Waals surface area contributed by atoms with E-state index in [1.807, 2.05) is 38.0 Å². The molecule has 2 heterocycles. The largest absolute Gasteiger partial charge is 0.450 e. The number of hydrogen-bond acceptors (Lipinski definition) is 12. The second-order valence-corrected chi connectivity index (χ2v) is 13.8. The number of esters is 2. The molecule has 0 fully saturated rings. The second kappa shape index (κ2) is 15.7. The van der Waals surface area contributed by atoms with Gasteiger partial charge in [-0.3, -0.25) is 9.59 Å². The molecule has 0 aliphatic carbocycles. The van der Waals surface area contributed by atoms with Gasteiger partial charge >= 0.3 is 11.9 Å². The van der Waals surface area contributed by atoms with Gasteiger partial charge in [-0.1, -0.05) is 24.4 Å². The number of fused-ring (bicyclic) bond motifs is 2. The number of nitrogens with one attached hydrogen (secondary N) is 2. The van der Waals surface area contributed by atoms with Gasteiger partial charge in [0.25, 0.3) is 11.6 Å². The zero-order valence-corrected chi connectivity index (χ0v) is 31.2. The highest BCUT2D eigenvalue weighted by molar-refractivity contribution is 7.81. The van der Waals surface area contributed by atoms with Gasteiger partial charge in [0.05, 0.1) is 24.2 Å². The van der Waals surface area contributed by atoms with Gasteiger partial charge in [-0.15, -0.1) is 0 Å². The molecule has 50 heavy (non-hydrogen) atoms. The zero-order valence-electron chi connectivity index (χ0n) is 29.6. The number of amides is 2. The maximum Gasteiger partial charge on any atom is 0.420 e. The number of ether oxygens (including phenoxy) is 4. The summed E-state index contributed by atoms with van der Waals surface area (Å²) in [6.07, 6.45) is 0.338. The Hall–Kier alpha value is -4.38. The van der Waals surface area contributed by atoms with Crippen molar-refractivity contribution in [3.05, 3.63) is 47.5 Å². The van der Waals surface area contributed by atoms with Gasteiger partial charge in [0.15, 0.2) is 0 Å². The van der Waals surface area contributed by atoms with Gasteiger partial charge in [0.2, 0.25) is 11.8 Å². The summed E-state index contributed by atoms with van der Waals surface area (Å²) in [6.45, 7) is 3.64. The van der Waals surface area contributed by atoms with E-state index in [1.165, 1.54) is 13.8 Å².